The summed E-state index contributed by atoms with van der Waals surface area (Å²) in [7, 11) is 0. The molecule has 1 aliphatic rings. The summed E-state index contributed by atoms with van der Waals surface area (Å²) in [5, 5.41) is 5.64. The van der Waals surface area contributed by atoms with Gasteiger partial charge in [-0.15, -0.1) is 0 Å². The zero-order valence-corrected chi connectivity index (χ0v) is 18.0. The van der Waals surface area contributed by atoms with E-state index < -0.39 is 0 Å². The average molecular weight is 411 g/mol. The fourth-order valence-corrected chi connectivity index (χ4v) is 4.45. The van der Waals surface area contributed by atoms with Crippen molar-refractivity contribution in [3.8, 4) is 5.69 Å². The van der Waals surface area contributed by atoms with E-state index in [1.807, 2.05) is 59.5 Å². The van der Waals surface area contributed by atoms with Gasteiger partial charge in [0, 0.05) is 37.3 Å². The number of carbonyl (C=O) groups is 1. The van der Waals surface area contributed by atoms with Crippen LogP contribution in [0.4, 0.5) is 5.69 Å². The Morgan fingerprint density at radius 2 is 1.42 bits per heavy atom. The summed E-state index contributed by atoms with van der Waals surface area (Å²) >= 11 is 0. The molecule has 1 amide bonds. The summed E-state index contributed by atoms with van der Waals surface area (Å²) in [6.07, 6.45) is 0. The van der Waals surface area contributed by atoms with Crippen LogP contribution in [0.1, 0.15) is 21.6 Å². The normalized spacial score (nSPS) is 14.3. The predicted octanol–water partition coefficient (Wildman–Crippen LogP) is 4.60. The Labute approximate surface area is 182 Å². The molecule has 0 saturated carbocycles. The molecule has 0 spiro atoms. The molecule has 0 atom stereocenters. The first kappa shape index (κ1) is 19.4. The monoisotopic (exact) mass is 410 g/mol. The van der Waals surface area contributed by atoms with Gasteiger partial charge in [0.05, 0.1) is 11.2 Å². The topological polar surface area (TPSA) is 41.4 Å². The number of hydrogen-bond acceptors (Lipinski definition) is 3. The Bertz CT molecular complexity index is 1220. The van der Waals surface area contributed by atoms with Gasteiger partial charge in [-0.05, 0) is 55.3 Å². The first-order chi connectivity index (χ1) is 15.1. The van der Waals surface area contributed by atoms with Crippen LogP contribution < -0.4 is 4.90 Å². The lowest BCUT2D eigenvalue weighted by molar-refractivity contribution is 0.0739. The smallest absolute Gasteiger partial charge is 0.273 e. The van der Waals surface area contributed by atoms with Crippen LogP contribution in [-0.4, -0.2) is 46.8 Å². The number of amides is 1. The van der Waals surface area contributed by atoms with Crippen LogP contribution >= 0.6 is 0 Å². The van der Waals surface area contributed by atoms with Gasteiger partial charge < -0.3 is 9.80 Å². The third-order valence-corrected chi connectivity index (χ3v) is 5.92. The second-order valence-corrected chi connectivity index (χ2v) is 8.24. The fraction of sp³-hybridized carbons (Fsp3) is 0.231. The van der Waals surface area contributed by atoms with Gasteiger partial charge >= 0.3 is 0 Å². The first-order valence-corrected chi connectivity index (χ1v) is 10.8. The molecule has 2 heterocycles. The summed E-state index contributed by atoms with van der Waals surface area (Å²) in [5.74, 6) is 0.0395. The highest BCUT2D eigenvalue weighted by Crippen LogP contribution is 2.25. The third kappa shape index (κ3) is 3.67. The molecule has 0 radical (unpaired) electrons. The quantitative estimate of drug-likeness (QED) is 0.495. The Balaban J connectivity index is 1.43. The van der Waals surface area contributed by atoms with Gasteiger partial charge in [0.2, 0.25) is 0 Å². The number of hydrogen-bond donors (Lipinski definition) is 0. The molecule has 3 aromatic carbocycles. The van der Waals surface area contributed by atoms with Crippen molar-refractivity contribution in [2.75, 3.05) is 31.1 Å². The Morgan fingerprint density at radius 3 is 2.13 bits per heavy atom. The van der Waals surface area contributed by atoms with Gasteiger partial charge in [-0.25, -0.2) is 4.68 Å². The fourth-order valence-electron chi connectivity index (χ4n) is 4.45. The minimum atomic E-state index is 0.0395. The highest BCUT2D eigenvalue weighted by Gasteiger charge is 2.27. The van der Waals surface area contributed by atoms with E-state index >= 15 is 0 Å². The number of aromatic nitrogens is 2. The minimum absolute atomic E-state index is 0.0395. The van der Waals surface area contributed by atoms with Gasteiger partial charge in [-0.1, -0.05) is 42.5 Å². The lowest BCUT2D eigenvalue weighted by Gasteiger charge is -2.36. The third-order valence-electron chi connectivity index (χ3n) is 5.92. The molecular weight excluding hydrogens is 384 g/mol. The van der Waals surface area contributed by atoms with E-state index in [1.165, 1.54) is 16.8 Å². The van der Waals surface area contributed by atoms with Crippen LogP contribution in [0.5, 0.6) is 0 Å². The van der Waals surface area contributed by atoms with E-state index in [2.05, 4.69) is 36.9 Å². The van der Waals surface area contributed by atoms with Crippen LogP contribution in [-0.2, 0) is 0 Å². The number of nitrogens with zero attached hydrogens (tertiary/aromatic N) is 4. The molecule has 5 nitrogen and oxygen atoms in total. The molecule has 1 saturated heterocycles. The molecule has 5 heteroatoms. The number of carbonyl (C=O) groups excluding carboxylic acids is 1. The number of fused-ring (bicyclic) bond motifs is 1. The number of aryl methyl sites for hydroxylation is 2. The van der Waals surface area contributed by atoms with Gasteiger partial charge in [0.1, 0.15) is 5.69 Å². The Hall–Kier alpha value is -3.60. The molecule has 4 aromatic rings. The molecule has 31 heavy (non-hydrogen) atoms. The zero-order chi connectivity index (χ0) is 21.4. The van der Waals surface area contributed by atoms with Crippen molar-refractivity contribution in [1.82, 2.24) is 14.7 Å². The maximum absolute atomic E-state index is 13.7. The number of rotatable bonds is 3. The van der Waals surface area contributed by atoms with Crippen molar-refractivity contribution in [2.24, 2.45) is 0 Å². The van der Waals surface area contributed by atoms with Crippen molar-refractivity contribution < 1.29 is 4.79 Å². The van der Waals surface area contributed by atoms with Crippen molar-refractivity contribution in [1.29, 1.82) is 0 Å². The van der Waals surface area contributed by atoms with E-state index in [1.54, 1.807) is 4.68 Å². The Morgan fingerprint density at radius 1 is 0.774 bits per heavy atom. The largest absolute Gasteiger partial charge is 0.368 e. The van der Waals surface area contributed by atoms with E-state index in [0.29, 0.717) is 18.8 Å². The van der Waals surface area contributed by atoms with Crippen molar-refractivity contribution in [2.45, 2.75) is 13.8 Å². The molecule has 0 bridgehead atoms. The van der Waals surface area contributed by atoms with Crippen LogP contribution in [0.3, 0.4) is 0 Å². The molecule has 0 unspecified atom stereocenters. The van der Waals surface area contributed by atoms with Gasteiger partial charge in [0.25, 0.3) is 5.91 Å². The molecule has 156 valence electrons. The molecule has 0 aliphatic carbocycles. The van der Waals surface area contributed by atoms with Crippen molar-refractivity contribution in [3.63, 3.8) is 0 Å². The van der Waals surface area contributed by atoms with Crippen molar-refractivity contribution >= 4 is 22.5 Å². The van der Waals surface area contributed by atoms with Crippen LogP contribution in [0.2, 0.25) is 0 Å². The van der Waals surface area contributed by atoms with E-state index in [9.17, 15) is 4.79 Å². The zero-order valence-electron chi connectivity index (χ0n) is 18.0. The summed E-state index contributed by atoms with van der Waals surface area (Å²) < 4.78 is 1.79. The average Bonchev–Trinajstić information content (AvgIpc) is 3.18. The van der Waals surface area contributed by atoms with E-state index in [-0.39, 0.29) is 5.91 Å². The number of anilines is 1. The standard InChI is InChI=1S/C26H26N4O/c1-19-16-20(2)18-22(17-19)28-12-14-29(15-13-28)26(31)25-23-10-6-7-11-24(23)27-30(25)21-8-4-3-5-9-21/h3-11,16-18H,12-15H2,1-2H3. The summed E-state index contributed by atoms with van der Waals surface area (Å²) in [5.41, 5.74) is 6.16. The molecular formula is C26H26N4O. The predicted molar refractivity (Wildman–Crippen MR) is 125 cm³/mol. The number of benzene rings is 3. The Kier molecular flexibility index (Phi) is 4.94. The van der Waals surface area contributed by atoms with E-state index in [0.717, 1.165) is 29.7 Å². The highest BCUT2D eigenvalue weighted by atomic mass is 16.2. The lowest BCUT2D eigenvalue weighted by atomic mass is 10.1. The van der Waals surface area contributed by atoms with Crippen LogP contribution in [0.25, 0.3) is 16.6 Å². The summed E-state index contributed by atoms with van der Waals surface area (Å²) in [6.45, 7) is 7.30. The molecule has 1 fully saturated rings. The van der Waals surface area contributed by atoms with Gasteiger partial charge in [-0.2, -0.15) is 5.10 Å². The lowest BCUT2D eigenvalue weighted by Crippen LogP contribution is -2.49. The van der Waals surface area contributed by atoms with Gasteiger partial charge in [-0.3, -0.25) is 4.79 Å². The minimum Gasteiger partial charge on any atom is -0.368 e. The van der Waals surface area contributed by atoms with Crippen molar-refractivity contribution in [3.05, 3.63) is 89.6 Å². The first-order valence-electron chi connectivity index (χ1n) is 10.8. The molecule has 5 rings (SSSR count). The van der Waals surface area contributed by atoms with Crippen LogP contribution in [0, 0.1) is 13.8 Å². The van der Waals surface area contributed by atoms with Gasteiger partial charge in [0.15, 0.2) is 0 Å². The second kappa shape index (κ2) is 7.91. The SMILES string of the molecule is Cc1cc(C)cc(N2CCN(C(=O)c3c4ccccc4nn3-c3ccccc3)CC2)c1. The summed E-state index contributed by atoms with van der Waals surface area (Å²) in [4.78, 5) is 18.0. The maximum atomic E-state index is 13.7. The van der Waals surface area contributed by atoms with Crippen LogP contribution in [0.15, 0.2) is 72.8 Å². The molecule has 1 aliphatic heterocycles. The number of para-hydroxylation sites is 1. The van der Waals surface area contributed by atoms with E-state index in [4.69, 9.17) is 5.10 Å². The highest BCUT2D eigenvalue weighted by molar-refractivity contribution is 6.05. The maximum Gasteiger partial charge on any atom is 0.273 e. The number of piperazine rings is 1. The molecule has 0 N–H and O–H groups in total. The summed E-state index contributed by atoms with van der Waals surface area (Å²) in [6, 6.07) is 24.4. The molecule has 1 aromatic heterocycles. The second-order valence-electron chi connectivity index (χ2n) is 8.24.